The predicted molar refractivity (Wildman–Crippen MR) is 240 cm³/mol. The molecule has 0 fully saturated rings. The third kappa shape index (κ3) is 25.9. The van der Waals surface area contributed by atoms with Crippen molar-refractivity contribution >= 4 is 59.4 Å². The third-order valence-corrected chi connectivity index (χ3v) is 8.06. The first kappa shape index (κ1) is 55.2. The molecule has 0 atom stereocenters. The Morgan fingerprint density at radius 3 is 1.60 bits per heavy atom. The SMILES string of the molecule is CC(=N)c1csc(COCCN(C(=O)OC(C)(C)C)/C(=N\C(=O)OC(C)(C)C)N(CCCCCCCN/C(=N\C(=O)OC(C)(C)C)NC(=O)OC(C)(C)C)C(=O)OC(C)(C)C)c1. The molecule has 62 heavy (non-hydrogen) atoms. The second kappa shape index (κ2) is 24.2. The molecule has 1 aromatic heterocycles. The molecule has 0 bridgehead atoms. The molecule has 0 aliphatic carbocycles. The largest absolute Gasteiger partial charge is 0.444 e. The second-order valence-electron chi connectivity index (χ2n) is 19.4. The summed E-state index contributed by atoms with van der Waals surface area (Å²) in [4.78, 5) is 77.3. The summed E-state index contributed by atoms with van der Waals surface area (Å²) < 4.78 is 33.6. The highest BCUT2D eigenvalue weighted by Gasteiger charge is 2.35. The molecular formula is C43H73N7O11S. The Morgan fingerprint density at radius 1 is 0.645 bits per heavy atom. The first-order valence-corrected chi connectivity index (χ1v) is 21.7. The monoisotopic (exact) mass is 896 g/mol. The van der Waals surface area contributed by atoms with Crippen LogP contribution in [0.15, 0.2) is 21.4 Å². The van der Waals surface area contributed by atoms with E-state index >= 15 is 0 Å². The highest BCUT2D eigenvalue weighted by atomic mass is 32.1. The molecular weight excluding hydrogens is 823 g/mol. The number of aliphatic imine (C=N–C) groups is 2. The number of rotatable bonds is 14. The summed E-state index contributed by atoms with van der Waals surface area (Å²) in [6.45, 7) is 27.5. The minimum Gasteiger partial charge on any atom is -0.444 e. The standard InChI is InChI=1S/C43H73N7O11S/c1-29(44)30-26-31(62-28-30)27-56-25-24-50(38(55)61-43(14,15)16)33(48-36(53)59-41(8,9)10)49(37(54)60-42(11,12)13)23-21-19-17-18-20-22-45-32(46-34(51)57-39(2,3)4)47-35(52)58-40(5,6)7/h26,28,44H,17-25,27H2,1-16H3,(H2,45,46,47,51,52)/b44-29?,48-33-. The highest BCUT2D eigenvalue weighted by Crippen LogP contribution is 2.20. The summed E-state index contributed by atoms with van der Waals surface area (Å²) in [7, 11) is 0. The lowest BCUT2D eigenvalue weighted by molar-refractivity contribution is 0.0224. The second-order valence-corrected chi connectivity index (χ2v) is 20.4. The number of thiophene rings is 1. The summed E-state index contributed by atoms with van der Waals surface area (Å²) >= 11 is 1.44. The molecule has 1 heterocycles. The van der Waals surface area contributed by atoms with Crippen molar-refractivity contribution in [3.63, 3.8) is 0 Å². The van der Waals surface area contributed by atoms with Crippen molar-refractivity contribution in [1.29, 1.82) is 5.41 Å². The van der Waals surface area contributed by atoms with Gasteiger partial charge in [-0.15, -0.1) is 21.3 Å². The molecule has 1 rings (SSSR count). The van der Waals surface area contributed by atoms with Gasteiger partial charge < -0.3 is 39.1 Å². The van der Waals surface area contributed by atoms with Crippen molar-refractivity contribution in [2.75, 3.05) is 26.2 Å². The zero-order valence-electron chi connectivity index (χ0n) is 39.9. The molecule has 0 aromatic carbocycles. The zero-order valence-corrected chi connectivity index (χ0v) is 40.7. The van der Waals surface area contributed by atoms with E-state index in [1.54, 1.807) is 111 Å². The number of carbonyl (C=O) groups excluding carboxylic acids is 5. The minimum absolute atomic E-state index is 0.00238. The molecule has 0 radical (unpaired) electrons. The van der Waals surface area contributed by atoms with Gasteiger partial charge in [0.1, 0.15) is 28.0 Å². The summed E-state index contributed by atoms with van der Waals surface area (Å²) in [5.74, 6) is -0.459. The minimum atomic E-state index is -1.04. The Morgan fingerprint density at radius 2 is 1.11 bits per heavy atom. The topological polar surface area (TPSA) is 220 Å². The normalized spacial score (nSPS) is 12.8. The van der Waals surface area contributed by atoms with Crippen LogP contribution >= 0.6 is 11.3 Å². The Balaban J connectivity index is 3.31. The van der Waals surface area contributed by atoms with E-state index in [1.807, 2.05) is 11.4 Å². The maximum atomic E-state index is 14.0. The molecule has 19 heteroatoms. The van der Waals surface area contributed by atoms with E-state index in [1.165, 1.54) is 11.3 Å². The van der Waals surface area contributed by atoms with E-state index in [9.17, 15) is 24.0 Å². The predicted octanol–water partition coefficient (Wildman–Crippen LogP) is 9.77. The van der Waals surface area contributed by atoms with Crippen LogP contribution in [0.25, 0.3) is 0 Å². The van der Waals surface area contributed by atoms with Gasteiger partial charge >= 0.3 is 30.5 Å². The van der Waals surface area contributed by atoms with Crippen LogP contribution in [0.1, 0.15) is 153 Å². The number of amides is 5. The lowest BCUT2D eigenvalue weighted by Crippen LogP contribution is -2.53. The number of nitrogens with zero attached hydrogens (tertiary/aromatic N) is 4. The first-order chi connectivity index (χ1) is 28.2. The van der Waals surface area contributed by atoms with Crippen LogP contribution in [0.5, 0.6) is 0 Å². The molecule has 0 spiro atoms. The fourth-order valence-electron chi connectivity index (χ4n) is 4.81. The number of alkyl carbamates (subject to hydrolysis) is 1. The lowest BCUT2D eigenvalue weighted by Gasteiger charge is -2.34. The Kier molecular flexibility index (Phi) is 21.5. The van der Waals surface area contributed by atoms with Gasteiger partial charge in [-0.3, -0.25) is 5.32 Å². The van der Waals surface area contributed by atoms with Crippen molar-refractivity contribution in [3.05, 3.63) is 21.9 Å². The van der Waals surface area contributed by atoms with Gasteiger partial charge in [0, 0.05) is 34.6 Å². The number of hydrogen-bond donors (Lipinski definition) is 3. The molecule has 0 unspecified atom stereocenters. The van der Waals surface area contributed by atoms with Crippen molar-refractivity contribution in [1.82, 2.24) is 20.4 Å². The van der Waals surface area contributed by atoms with Gasteiger partial charge in [0.25, 0.3) is 0 Å². The molecule has 1 aromatic rings. The molecule has 5 amide bonds. The van der Waals surface area contributed by atoms with E-state index in [0.717, 1.165) is 20.2 Å². The number of guanidine groups is 2. The quantitative estimate of drug-likeness (QED) is 0.0688. The van der Waals surface area contributed by atoms with Crippen LogP contribution in [-0.2, 0) is 35.0 Å². The van der Waals surface area contributed by atoms with Crippen LogP contribution in [-0.4, -0.2) is 112 Å². The number of nitrogens with one attached hydrogen (secondary N) is 3. The van der Waals surface area contributed by atoms with Crippen LogP contribution in [0.2, 0.25) is 0 Å². The van der Waals surface area contributed by atoms with Gasteiger partial charge in [0.15, 0.2) is 0 Å². The third-order valence-electron chi connectivity index (χ3n) is 7.15. The molecule has 0 aliphatic heterocycles. The Labute approximate surface area is 372 Å². The van der Waals surface area contributed by atoms with Gasteiger partial charge in [0.05, 0.1) is 19.8 Å². The van der Waals surface area contributed by atoms with E-state index in [-0.39, 0.29) is 38.2 Å². The maximum absolute atomic E-state index is 14.0. The molecule has 3 N–H and O–H groups in total. The summed E-state index contributed by atoms with van der Waals surface area (Å²) in [5, 5.41) is 15.2. The van der Waals surface area contributed by atoms with Crippen LogP contribution in [0.4, 0.5) is 24.0 Å². The number of unbranched alkanes of at least 4 members (excludes halogenated alkanes) is 4. The van der Waals surface area contributed by atoms with Crippen LogP contribution < -0.4 is 10.6 Å². The maximum Gasteiger partial charge on any atom is 0.437 e. The smallest absolute Gasteiger partial charge is 0.437 e. The van der Waals surface area contributed by atoms with Gasteiger partial charge in [-0.2, -0.15) is 0 Å². The van der Waals surface area contributed by atoms with Gasteiger partial charge in [-0.1, -0.05) is 19.3 Å². The summed E-state index contributed by atoms with van der Waals surface area (Å²) in [6, 6.07) is 1.86. The molecule has 0 saturated carbocycles. The van der Waals surface area contributed by atoms with E-state index in [0.29, 0.717) is 44.4 Å². The van der Waals surface area contributed by atoms with Crippen molar-refractivity contribution in [2.24, 2.45) is 9.98 Å². The molecule has 0 saturated heterocycles. The van der Waals surface area contributed by atoms with E-state index < -0.39 is 58.5 Å². The van der Waals surface area contributed by atoms with Crippen molar-refractivity contribution in [3.8, 4) is 0 Å². The summed E-state index contributed by atoms with van der Waals surface area (Å²) in [5.41, 5.74) is -3.20. The van der Waals surface area contributed by atoms with E-state index in [2.05, 4.69) is 20.6 Å². The summed E-state index contributed by atoms with van der Waals surface area (Å²) in [6.07, 6.45) is -1.39. The molecule has 352 valence electrons. The van der Waals surface area contributed by atoms with Gasteiger partial charge in [-0.25, -0.2) is 33.8 Å². The molecule has 18 nitrogen and oxygen atoms in total. The highest BCUT2D eigenvalue weighted by molar-refractivity contribution is 7.10. The number of carbonyl (C=O) groups is 5. The lowest BCUT2D eigenvalue weighted by atomic mass is 10.1. The van der Waals surface area contributed by atoms with Crippen molar-refractivity contribution in [2.45, 2.75) is 177 Å². The molecule has 0 aliphatic rings. The Bertz CT molecular complexity index is 1720. The zero-order chi connectivity index (χ0) is 47.7. The van der Waals surface area contributed by atoms with Crippen LogP contribution in [0, 0.1) is 5.41 Å². The fraction of sp³-hybridized carbons (Fsp3) is 0.721. The first-order valence-electron chi connectivity index (χ1n) is 20.8. The van der Waals surface area contributed by atoms with E-state index in [4.69, 9.17) is 33.8 Å². The van der Waals surface area contributed by atoms with Gasteiger partial charge in [-0.05, 0) is 130 Å². The fourth-order valence-corrected chi connectivity index (χ4v) is 5.68. The number of hydrogen-bond acceptors (Lipinski definition) is 13. The number of ether oxygens (including phenoxy) is 6. The Hall–Kier alpha value is -4.78. The van der Waals surface area contributed by atoms with Gasteiger partial charge in [0.2, 0.25) is 11.9 Å². The van der Waals surface area contributed by atoms with Crippen LogP contribution in [0.3, 0.4) is 0 Å². The van der Waals surface area contributed by atoms with Crippen molar-refractivity contribution < 1.29 is 52.4 Å². The average molecular weight is 896 g/mol. The average Bonchev–Trinajstić information content (AvgIpc) is 3.52.